The van der Waals surface area contributed by atoms with E-state index in [1.807, 2.05) is 13.0 Å². The van der Waals surface area contributed by atoms with Gasteiger partial charge in [0.25, 0.3) is 0 Å². The molecule has 27 heavy (non-hydrogen) atoms. The summed E-state index contributed by atoms with van der Waals surface area (Å²) in [6.45, 7) is 2.32. The van der Waals surface area contributed by atoms with Crippen LogP contribution in [-0.2, 0) is 4.79 Å². The van der Waals surface area contributed by atoms with Crippen LogP contribution in [0.4, 0.5) is 25.0 Å². The lowest BCUT2D eigenvalue weighted by molar-refractivity contribution is -0.116. The highest BCUT2D eigenvalue weighted by Crippen LogP contribution is 2.26. The molecule has 1 aliphatic heterocycles. The zero-order chi connectivity index (χ0) is 19.6. The Labute approximate surface area is 155 Å². The van der Waals surface area contributed by atoms with Gasteiger partial charge in [-0.2, -0.15) is 0 Å². The van der Waals surface area contributed by atoms with Gasteiger partial charge in [-0.1, -0.05) is 6.07 Å². The van der Waals surface area contributed by atoms with Crippen LogP contribution in [0.1, 0.15) is 5.56 Å². The lowest BCUT2D eigenvalue weighted by atomic mass is 10.2. The number of ether oxygens (including phenoxy) is 1. The van der Waals surface area contributed by atoms with Crippen molar-refractivity contribution in [2.75, 3.05) is 37.0 Å². The number of benzene rings is 2. The van der Waals surface area contributed by atoms with Crippen molar-refractivity contribution in [3.05, 3.63) is 53.6 Å². The largest absolute Gasteiger partial charge is 0.495 e. The number of urea groups is 1. The maximum Gasteiger partial charge on any atom is 0.325 e. The van der Waals surface area contributed by atoms with E-state index >= 15 is 0 Å². The number of nitrogens with one attached hydrogen (secondary N) is 1. The average Bonchev–Trinajstić information content (AvgIpc) is 2.98. The Hall–Kier alpha value is -3.16. The van der Waals surface area contributed by atoms with E-state index in [0.717, 1.165) is 17.7 Å². The van der Waals surface area contributed by atoms with Gasteiger partial charge in [-0.25, -0.2) is 13.6 Å². The first-order chi connectivity index (χ1) is 12.9. The average molecular weight is 375 g/mol. The molecule has 0 saturated carbocycles. The third kappa shape index (κ3) is 3.99. The molecule has 0 aromatic heterocycles. The Morgan fingerprint density at radius 3 is 2.63 bits per heavy atom. The summed E-state index contributed by atoms with van der Waals surface area (Å²) in [4.78, 5) is 27.5. The summed E-state index contributed by atoms with van der Waals surface area (Å²) in [5.74, 6) is -1.86. The number of amides is 3. The van der Waals surface area contributed by atoms with E-state index in [1.54, 1.807) is 12.1 Å². The molecule has 0 spiro atoms. The van der Waals surface area contributed by atoms with Gasteiger partial charge < -0.3 is 15.0 Å². The molecule has 0 radical (unpaired) electrons. The van der Waals surface area contributed by atoms with E-state index in [1.165, 1.54) is 23.0 Å². The first-order valence-electron chi connectivity index (χ1n) is 8.35. The molecule has 0 atom stereocenters. The highest BCUT2D eigenvalue weighted by atomic mass is 19.2. The standard InChI is InChI=1S/C19H19F2N3O3/c1-12-3-6-17(27-2)16(9-12)22-18(25)11-23-7-8-24(19(23)26)13-4-5-14(20)15(21)10-13/h3-6,9-10H,7-8,11H2,1-2H3,(H,22,25). The predicted molar refractivity (Wildman–Crippen MR) is 97.0 cm³/mol. The molecule has 6 nitrogen and oxygen atoms in total. The number of nitrogens with zero attached hydrogens (tertiary/aromatic N) is 2. The topological polar surface area (TPSA) is 61.9 Å². The number of hydrogen-bond donors (Lipinski definition) is 1. The van der Waals surface area contributed by atoms with Gasteiger partial charge in [0.1, 0.15) is 12.3 Å². The van der Waals surface area contributed by atoms with Gasteiger partial charge in [-0.05, 0) is 36.8 Å². The molecule has 3 amide bonds. The lowest BCUT2D eigenvalue weighted by Gasteiger charge is -2.19. The van der Waals surface area contributed by atoms with Crippen molar-refractivity contribution in [2.24, 2.45) is 0 Å². The molecule has 8 heteroatoms. The van der Waals surface area contributed by atoms with Crippen molar-refractivity contribution in [2.45, 2.75) is 6.92 Å². The summed E-state index contributed by atoms with van der Waals surface area (Å²) in [6, 6.07) is 8.21. The maximum absolute atomic E-state index is 13.4. The van der Waals surface area contributed by atoms with Gasteiger partial charge in [-0.15, -0.1) is 0 Å². The van der Waals surface area contributed by atoms with Crippen molar-refractivity contribution in [3.8, 4) is 5.75 Å². The van der Waals surface area contributed by atoms with Crippen molar-refractivity contribution in [1.82, 2.24) is 4.90 Å². The Morgan fingerprint density at radius 2 is 1.93 bits per heavy atom. The Morgan fingerprint density at radius 1 is 1.15 bits per heavy atom. The molecular formula is C19H19F2N3O3. The summed E-state index contributed by atoms with van der Waals surface area (Å²) < 4.78 is 31.7. The fourth-order valence-electron chi connectivity index (χ4n) is 2.90. The van der Waals surface area contributed by atoms with E-state index in [2.05, 4.69) is 5.32 Å². The van der Waals surface area contributed by atoms with Crippen LogP contribution in [-0.4, -0.2) is 43.6 Å². The first kappa shape index (κ1) is 18.6. The van der Waals surface area contributed by atoms with Gasteiger partial charge >= 0.3 is 6.03 Å². The van der Waals surface area contributed by atoms with Crippen molar-refractivity contribution < 1.29 is 23.1 Å². The number of anilines is 2. The third-order valence-electron chi connectivity index (χ3n) is 4.27. The van der Waals surface area contributed by atoms with Crippen LogP contribution >= 0.6 is 0 Å². The molecule has 0 aliphatic carbocycles. The molecule has 3 rings (SSSR count). The fourth-order valence-corrected chi connectivity index (χ4v) is 2.90. The maximum atomic E-state index is 13.4. The van der Waals surface area contributed by atoms with Crippen LogP contribution in [0.15, 0.2) is 36.4 Å². The molecule has 1 aliphatic rings. The van der Waals surface area contributed by atoms with Crippen LogP contribution < -0.4 is 15.0 Å². The van der Waals surface area contributed by atoms with E-state index in [9.17, 15) is 18.4 Å². The molecule has 0 unspecified atom stereocenters. The van der Waals surface area contributed by atoms with Gasteiger partial charge in [0.05, 0.1) is 12.8 Å². The van der Waals surface area contributed by atoms with Crippen LogP contribution in [0.2, 0.25) is 0 Å². The molecule has 0 bridgehead atoms. The molecule has 1 heterocycles. The minimum atomic E-state index is -1.02. The molecule has 2 aromatic rings. The first-order valence-corrected chi connectivity index (χ1v) is 8.35. The molecule has 2 aromatic carbocycles. The zero-order valence-corrected chi connectivity index (χ0v) is 15.0. The number of carbonyl (C=O) groups excluding carboxylic acids is 2. The molecule has 1 saturated heterocycles. The van der Waals surface area contributed by atoms with Gasteiger partial charge in [0.2, 0.25) is 5.91 Å². The van der Waals surface area contributed by atoms with E-state index < -0.39 is 17.7 Å². The van der Waals surface area contributed by atoms with Crippen LogP contribution in [0.3, 0.4) is 0 Å². The second-order valence-electron chi connectivity index (χ2n) is 6.21. The summed E-state index contributed by atoms with van der Waals surface area (Å²) in [7, 11) is 1.50. The summed E-state index contributed by atoms with van der Waals surface area (Å²) in [6.07, 6.45) is 0. The Bertz CT molecular complexity index is 888. The van der Waals surface area contributed by atoms with E-state index in [-0.39, 0.29) is 24.7 Å². The smallest absolute Gasteiger partial charge is 0.325 e. The quantitative estimate of drug-likeness (QED) is 0.873. The predicted octanol–water partition coefficient (Wildman–Crippen LogP) is 3.16. The number of methoxy groups -OCH3 is 1. The Balaban J connectivity index is 1.66. The van der Waals surface area contributed by atoms with Crippen LogP contribution in [0.25, 0.3) is 0 Å². The normalized spacial score (nSPS) is 13.9. The van der Waals surface area contributed by atoms with Gasteiger partial charge in [-0.3, -0.25) is 9.69 Å². The van der Waals surface area contributed by atoms with E-state index in [4.69, 9.17) is 4.74 Å². The summed E-state index contributed by atoms with van der Waals surface area (Å²) in [5.41, 5.74) is 1.72. The SMILES string of the molecule is COc1ccc(C)cc1NC(=O)CN1CCN(c2ccc(F)c(F)c2)C1=O. The lowest BCUT2D eigenvalue weighted by Crippen LogP contribution is -2.37. The second-order valence-corrected chi connectivity index (χ2v) is 6.21. The van der Waals surface area contributed by atoms with Crippen molar-refractivity contribution in [3.63, 3.8) is 0 Å². The fraction of sp³-hybridized carbons (Fsp3) is 0.263. The molecular weight excluding hydrogens is 356 g/mol. The van der Waals surface area contributed by atoms with E-state index in [0.29, 0.717) is 18.0 Å². The number of carbonyl (C=O) groups is 2. The van der Waals surface area contributed by atoms with Gasteiger partial charge in [0, 0.05) is 24.8 Å². The monoisotopic (exact) mass is 375 g/mol. The second kappa shape index (κ2) is 7.61. The number of rotatable bonds is 5. The minimum Gasteiger partial charge on any atom is -0.495 e. The van der Waals surface area contributed by atoms with Crippen LogP contribution in [0.5, 0.6) is 5.75 Å². The highest BCUT2D eigenvalue weighted by molar-refractivity contribution is 5.99. The van der Waals surface area contributed by atoms with Crippen molar-refractivity contribution in [1.29, 1.82) is 0 Å². The highest BCUT2D eigenvalue weighted by Gasteiger charge is 2.31. The Kier molecular flexibility index (Phi) is 5.25. The molecule has 142 valence electrons. The third-order valence-corrected chi connectivity index (χ3v) is 4.27. The number of aryl methyl sites for hydroxylation is 1. The minimum absolute atomic E-state index is 0.157. The molecule has 1 N–H and O–H groups in total. The summed E-state index contributed by atoms with van der Waals surface area (Å²) >= 11 is 0. The number of hydrogen-bond acceptors (Lipinski definition) is 3. The number of halogens is 2. The van der Waals surface area contributed by atoms with Crippen molar-refractivity contribution >= 4 is 23.3 Å². The summed E-state index contributed by atoms with van der Waals surface area (Å²) in [5, 5.41) is 2.73. The van der Waals surface area contributed by atoms with Crippen LogP contribution in [0, 0.1) is 18.6 Å². The molecule has 1 fully saturated rings. The zero-order valence-electron chi connectivity index (χ0n) is 15.0. The van der Waals surface area contributed by atoms with Gasteiger partial charge in [0.15, 0.2) is 11.6 Å².